The Morgan fingerprint density at radius 3 is 2.20 bits per heavy atom. The molecule has 1 aliphatic rings. The van der Waals surface area contributed by atoms with Crippen LogP contribution in [-0.4, -0.2) is 44.5 Å². The second-order valence-electron chi connectivity index (χ2n) is 7.36. The average Bonchev–Trinajstić information content (AvgIpc) is 2.64. The summed E-state index contributed by atoms with van der Waals surface area (Å²) < 4.78 is 0. The lowest BCUT2D eigenvalue weighted by Gasteiger charge is -2.35. The maximum absolute atomic E-state index is 12.4. The molecule has 1 amide bonds. The summed E-state index contributed by atoms with van der Waals surface area (Å²) in [6.45, 7) is 7.14. The van der Waals surface area contributed by atoms with E-state index in [2.05, 4.69) is 67.3 Å². The zero-order valence-electron chi connectivity index (χ0n) is 16.4. The van der Waals surface area contributed by atoms with Crippen molar-refractivity contribution in [3.8, 4) is 0 Å². The fourth-order valence-corrected chi connectivity index (χ4v) is 3.68. The van der Waals surface area contributed by atoms with Crippen LogP contribution in [0.25, 0.3) is 0 Å². The van der Waals surface area contributed by atoms with Crippen LogP contribution in [0.15, 0.2) is 24.3 Å². The van der Waals surface area contributed by atoms with Gasteiger partial charge in [0.05, 0.1) is 6.04 Å². The van der Waals surface area contributed by atoms with Gasteiger partial charge in [-0.2, -0.15) is 0 Å². The van der Waals surface area contributed by atoms with Gasteiger partial charge in [-0.15, -0.1) is 0 Å². The van der Waals surface area contributed by atoms with Gasteiger partial charge < -0.3 is 10.2 Å². The minimum atomic E-state index is 0.137. The van der Waals surface area contributed by atoms with E-state index in [-0.39, 0.29) is 17.9 Å². The van der Waals surface area contributed by atoms with E-state index in [0.29, 0.717) is 6.54 Å². The number of nitrogens with zero attached hydrogens (tertiary/aromatic N) is 2. The van der Waals surface area contributed by atoms with Crippen LogP contribution < -0.4 is 10.2 Å². The number of likely N-dealkylation sites (tertiary alicyclic amines) is 1. The number of carbonyl (C=O) groups excluding carboxylic acids is 1. The van der Waals surface area contributed by atoms with Crippen LogP contribution in [-0.2, 0) is 4.79 Å². The standard InChI is InChI=1S/C21H35N3O/c1-5-17(6-2)21(25)22-16-20(24-14-8-7-9-15-24)18-10-12-19(13-11-18)23(3)4/h10-13,17,20H,5-9,14-16H2,1-4H3,(H,22,25). The molecule has 1 fully saturated rings. The summed E-state index contributed by atoms with van der Waals surface area (Å²) in [4.78, 5) is 17.1. The van der Waals surface area contributed by atoms with Crippen LogP contribution in [0, 0.1) is 5.92 Å². The smallest absolute Gasteiger partial charge is 0.223 e. The van der Waals surface area contributed by atoms with Crippen molar-refractivity contribution in [3.63, 3.8) is 0 Å². The van der Waals surface area contributed by atoms with E-state index in [0.717, 1.165) is 25.9 Å². The third-order valence-electron chi connectivity index (χ3n) is 5.45. The first-order chi connectivity index (χ1) is 12.1. The average molecular weight is 346 g/mol. The summed E-state index contributed by atoms with van der Waals surface area (Å²) in [5.74, 6) is 0.343. The lowest BCUT2D eigenvalue weighted by molar-refractivity contribution is -0.125. The van der Waals surface area contributed by atoms with Crippen molar-refractivity contribution in [2.24, 2.45) is 5.92 Å². The Balaban J connectivity index is 2.11. The molecule has 1 aromatic carbocycles. The lowest BCUT2D eigenvalue weighted by Crippen LogP contribution is -2.42. The molecule has 25 heavy (non-hydrogen) atoms. The Labute approximate surface area is 153 Å². The molecule has 1 unspecified atom stereocenters. The number of carbonyl (C=O) groups is 1. The second kappa shape index (κ2) is 9.81. The first-order valence-corrected chi connectivity index (χ1v) is 9.85. The molecule has 0 bridgehead atoms. The molecule has 0 aliphatic carbocycles. The summed E-state index contributed by atoms with van der Waals surface area (Å²) in [6.07, 6.45) is 5.66. The summed E-state index contributed by atoms with van der Waals surface area (Å²) in [6, 6.07) is 9.06. The molecule has 4 nitrogen and oxygen atoms in total. The van der Waals surface area contributed by atoms with E-state index in [9.17, 15) is 4.79 Å². The lowest BCUT2D eigenvalue weighted by atomic mass is 9.99. The Kier molecular flexibility index (Phi) is 7.76. The molecule has 140 valence electrons. The molecule has 0 radical (unpaired) electrons. The van der Waals surface area contributed by atoms with E-state index >= 15 is 0 Å². The summed E-state index contributed by atoms with van der Waals surface area (Å²) in [5, 5.41) is 3.23. The Hall–Kier alpha value is -1.55. The van der Waals surface area contributed by atoms with E-state index in [4.69, 9.17) is 0 Å². The topological polar surface area (TPSA) is 35.6 Å². The van der Waals surface area contributed by atoms with Crippen LogP contribution in [0.2, 0.25) is 0 Å². The molecule has 4 heteroatoms. The van der Waals surface area contributed by atoms with E-state index in [1.807, 2.05) is 0 Å². The molecule has 1 atom stereocenters. The molecule has 0 aromatic heterocycles. The summed E-state index contributed by atoms with van der Waals surface area (Å²) in [5.41, 5.74) is 2.51. The van der Waals surface area contributed by atoms with Gasteiger partial charge in [-0.3, -0.25) is 9.69 Å². The predicted molar refractivity (Wildman–Crippen MR) is 106 cm³/mol. The number of hydrogen-bond donors (Lipinski definition) is 1. The van der Waals surface area contributed by atoms with Crippen molar-refractivity contribution in [2.45, 2.75) is 52.0 Å². The van der Waals surface area contributed by atoms with Gasteiger partial charge >= 0.3 is 0 Å². The van der Waals surface area contributed by atoms with Gasteiger partial charge in [0.1, 0.15) is 0 Å². The minimum Gasteiger partial charge on any atom is -0.378 e. The second-order valence-corrected chi connectivity index (χ2v) is 7.36. The van der Waals surface area contributed by atoms with Gasteiger partial charge in [-0.05, 0) is 56.5 Å². The number of nitrogens with one attached hydrogen (secondary N) is 1. The van der Waals surface area contributed by atoms with Crippen LogP contribution >= 0.6 is 0 Å². The Morgan fingerprint density at radius 2 is 1.68 bits per heavy atom. The number of benzene rings is 1. The highest BCUT2D eigenvalue weighted by molar-refractivity contribution is 5.78. The van der Waals surface area contributed by atoms with Gasteiger partial charge in [0.2, 0.25) is 5.91 Å². The maximum Gasteiger partial charge on any atom is 0.223 e. The number of amides is 1. The van der Waals surface area contributed by atoms with Crippen LogP contribution in [0.1, 0.15) is 57.6 Å². The van der Waals surface area contributed by atoms with Crippen molar-refractivity contribution in [1.29, 1.82) is 0 Å². The van der Waals surface area contributed by atoms with Gasteiger partial charge in [0.15, 0.2) is 0 Å². The third-order valence-corrected chi connectivity index (χ3v) is 5.45. The molecule has 1 N–H and O–H groups in total. The minimum absolute atomic E-state index is 0.137. The molecule has 0 spiro atoms. The highest BCUT2D eigenvalue weighted by Gasteiger charge is 2.24. The SMILES string of the molecule is CCC(CC)C(=O)NCC(c1ccc(N(C)C)cc1)N1CCCCC1. The number of piperidine rings is 1. The largest absolute Gasteiger partial charge is 0.378 e. The Morgan fingerprint density at radius 1 is 1.08 bits per heavy atom. The molecule has 2 rings (SSSR count). The van der Waals surface area contributed by atoms with E-state index in [1.165, 1.54) is 30.5 Å². The first-order valence-electron chi connectivity index (χ1n) is 9.85. The monoisotopic (exact) mass is 345 g/mol. The molecule has 1 aromatic rings. The third kappa shape index (κ3) is 5.46. The van der Waals surface area contributed by atoms with Gasteiger partial charge in [-0.1, -0.05) is 32.4 Å². The molecule has 1 aliphatic heterocycles. The number of anilines is 1. The molecular weight excluding hydrogens is 310 g/mol. The molecule has 0 saturated carbocycles. The van der Waals surface area contributed by atoms with Crippen molar-refractivity contribution in [2.75, 3.05) is 38.6 Å². The molecule has 1 heterocycles. The zero-order valence-corrected chi connectivity index (χ0v) is 16.4. The number of rotatable bonds is 8. The van der Waals surface area contributed by atoms with Crippen molar-refractivity contribution in [1.82, 2.24) is 10.2 Å². The zero-order chi connectivity index (χ0) is 18.2. The van der Waals surface area contributed by atoms with Crippen molar-refractivity contribution in [3.05, 3.63) is 29.8 Å². The fraction of sp³-hybridized carbons (Fsp3) is 0.667. The van der Waals surface area contributed by atoms with Gasteiger partial charge in [0, 0.05) is 32.2 Å². The predicted octanol–water partition coefficient (Wildman–Crippen LogP) is 3.83. The molecular formula is C21H35N3O. The highest BCUT2D eigenvalue weighted by atomic mass is 16.1. The maximum atomic E-state index is 12.4. The van der Waals surface area contributed by atoms with E-state index < -0.39 is 0 Å². The normalized spacial score (nSPS) is 16.7. The van der Waals surface area contributed by atoms with Gasteiger partial charge in [0.25, 0.3) is 0 Å². The van der Waals surface area contributed by atoms with Gasteiger partial charge in [-0.25, -0.2) is 0 Å². The summed E-state index contributed by atoms with van der Waals surface area (Å²) >= 11 is 0. The van der Waals surface area contributed by atoms with Crippen molar-refractivity contribution >= 4 is 11.6 Å². The van der Waals surface area contributed by atoms with Crippen LogP contribution in [0.5, 0.6) is 0 Å². The van der Waals surface area contributed by atoms with Crippen LogP contribution in [0.4, 0.5) is 5.69 Å². The van der Waals surface area contributed by atoms with Crippen molar-refractivity contribution < 1.29 is 4.79 Å². The van der Waals surface area contributed by atoms with Crippen LogP contribution in [0.3, 0.4) is 0 Å². The quantitative estimate of drug-likeness (QED) is 0.778. The summed E-state index contributed by atoms with van der Waals surface area (Å²) in [7, 11) is 4.12. The first kappa shape index (κ1) is 19.8. The number of hydrogen-bond acceptors (Lipinski definition) is 3. The fourth-order valence-electron chi connectivity index (χ4n) is 3.68. The Bertz CT molecular complexity index is 516. The highest BCUT2D eigenvalue weighted by Crippen LogP contribution is 2.26. The van der Waals surface area contributed by atoms with E-state index in [1.54, 1.807) is 0 Å². The molecule has 1 saturated heterocycles.